The van der Waals surface area contributed by atoms with Crippen LogP contribution in [0.3, 0.4) is 0 Å². The zero-order valence-corrected chi connectivity index (χ0v) is 19.8. The molecule has 0 saturated heterocycles. The molecule has 0 fully saturated rings. The molecule has 0 aliphatic heterocycles. The fourth-order valence-corrected chi connectivity index (χ4v) is 4.26. The Bertz CT molecular complexity index is 394. The van der Waals surface area contributed by atoms with E-state index in [9.17, 15) is 9.59 Å². The number of aliphatic carboxylic acids is 2. The molecule has 0 spiro atoms. The van der Waals surface area contributed by atoms with Crippen molar-refractivity contribution in [2.24, 2.45) is 5.92 Å². The molecule has 0 saturated carbocycles. The summed E-state index contributed by atoms with van der Waals surface area (Å²) in [4.78, 5) is 21.6. The zero-order chi connectivity index (χ0) is 22.3. The van der Waals surface area contributed by atoms with Crippen LogP contribution in [-0.4, -0.2) is 22.2 Å². The van der Waals surface area contributed by atoms with Gasteiger partial charge in [-0.2, -0.15) is 0 Å². The maximum Gasteiger partial charge on any atom is 0.303 e. The minimum absolute atomic E-state index is 0.0136. The Morgan fingerprint density at radius 2 is 0.900 bits per heavy atom. The van der Waals surface area contributed by atoms with Crippen LogP contribution in [0.2, 0.25) is 0 Å². The van der Waals surface area contributed by atoms with E-state index in [0.717, 1.165) is 19.3 Å². The summed E-state index contributed by atoms with van der Waals surface area (Å²) in [5.41, 5.74) is 0. The second-order valence-corrected chi connectivity index (χ2v) is 9.20. The predicted octanol–water partition coefficient (Wildman–Crippen LogP) is 8.37. The molecular weight excluding hydrogens is 376 g/mol. The van der Waals surface area contributed by atoms with E-state index >= 15 is 0 Å². The van der Waals surface area contributed by atoms with Crippen molar-refractivity contribution in [3.8, 4) is 0 Å². The van der Waals surface area contributed by atoms with Crippen molar-refractivity contribution in [3.63, 3.8) is 0 Å². The second kappa shape index (κ2) is 22.6. The third-order valence-electron chi connectivity index (χ3n) is 6.20. The fourth-order valence-electron chi connectivity index (χ4n) is 4.26. The number of rotatable bonds is 24. The number of carbonyl (C=O) groups is 2. The smallest absolute Gasteiger partial charge is 0.303 e. The van der Waals surface area contributed by atoms with Crippen LogP contribution in [0.1, 0.15) is 148 Å². The van der Waals surface area contributed by atoms with Crippen LogP contribution in [0, 0.1) is 5.92 Å². The minimum atomic E-state index is -0.830. The Morgan fingerprint density at radius 1 is 0.533 bits per heavy atom. The lowest BCUT2D eigenvalue weighted by Crippen LogP contribution is -2.10. The molecule has 0 aromatic carbocycles. The Balaban J connectivity index is 3.33. The minimum Gasteiger partial charge on any atom is -0.481 e. The van der Waals surface area contributed by atoms with E-state index < -0.39 is 11.9 Å². The molecule has 2 N–H and O–H groups in total. The van der Waals surface area contributed by atoms with Crippen LogP contribution >= 0.6 is 0 Å². The molecule has 1 atom stereocenters. The first kappa shape index (κ1) is 28.9. The molecule has 0 heterocycles. The average molecular weight is 427 g/mol. The van der Waals surface area contributed by atoms with Crippen molar-refractivity contribution >= 4 is 11.9 Å². The average Bonchev–Trinajstić information content (AvgIpc) is 2.70. The number of hydrogen-bond donors (Lipinski definition) is 2. The highest BCUT2D eigenvalue weighted by molar-refractivity contribution is 5.68. The van der Waals surface area contributed by atoms with E-state index in [4.69, 9.17) is 10.2 Å². The van der Waals surface area contributed by atoms with Crippen molar-refractivity contribution in [2.45, 2.75) is 148 Å². The lowest BCUT2D eigenvalue weighted by molar-refractivity contribution is -0.140. The summed E-state index contributed by atoms with van der Waals surface area (Å²) in [5, 5.41) is 17.7. The van der Waals surface area contributed by atoms with Gasteiger partial charge in [0.15, 0.2) is 0 Å². The molecule has 178 valence electrons. The molecule has 0 rings (SSSR count). The van der Waals surface area contributed by atoms with Gasteiger partial charge in [-0.1, -0.05) is 122 Å². The lowest BCUT2D eigenvalue weighted by Gasteiger charge is -2.13. The van der Waals surface area contributed by atoms with Gasteiger partial charge >= 0.3 is 11.9 Å². The molecule has 4 heteroatoms. The monoisotopic (exact) mass is 426 g/mol. The largest absolute Gasteiger partial charge is 0.481 e. The van der Waals surface area contributed by atoms with E-state index in [0.29, 0.717) is 6.42 Å². The first-order valence-electron chi connectivity index (χ1n) is 13.0. The Labute approximate surface area is 186 Å². The van der Waals surface area contributed by atoms with Crippen molar-refractivity contribution in [1.82, 2.24) is 0 Å². The summed E-state index contributed by atoms with van der Waals surface area (Å²) in [5.74, 6) is -1.63. The Morgan fingerprint density at radius 3 is 1.23 bits per heavy atom. The molecule has 0 bridgehead atoms. The molecule has 4 nitrogen and oxygen atoms in total. The van der Waals surface area contributed by atoms with E-state index in [-0.39, 0.29) is 18.8 Å². The number of carboxylic acid groups (broad SMARTS) is 2. The molecule has 30 heavy (non-hydrogen) atoms. The summed E-state index contributed by atoms with van der Waals surface area (Å²) >= 11 is 0. The summed E-state index contributed by atoms with van der Waals surface area (Å²) < 4.78 is 0. The zero-order valence-electron chi connectivity index (χ0n) is 19.8. The van der Waals surface area contributed by atoms with E-state index in [2.05, 4.69) is 6.92 Å². The van der Waals surface area contributed by atoms with Gasteiger partial charge < -0.3 is 10.2 Å². The van der Waals surface area contributed by atoms with Gasteiger partial charge in [-0.25, -0.2) is 0 Å². The van der Waals surface area contributed by atoms with Crippen LogP contribution in [0.25, 0.3) is 0 Å². The van der Waals surface area contributed by atoms with Crippen LogP contribution in [-0.2, 0) is 9.59 Å². The Hall–Kier alpha value is -1.06. The third-order valence-corrected chi connectivity index (χ3v) is 6.20. The highest BCUT2D eigenvalue weighted by Crippen LogP contribution is 2.20. The van der Waals surface area contributed by atoms with Crippen LogP contribution in [0.5, 0.6) is 0 Å². The molecule has 0 aliphatic carbocycles. The van der Waals surface area contributed by atoms with E-state index in [1.807, 2.05) is 0 Å². The molecule has 0 aliphatic rings. The second-order valence-electron chi connectivity index (χ2n) is 9.20. The van der Waals surface area contributed by atoms with Gasteiger partial charge in [-0.05, 0) is 18.8 Å². The molecule has 0 amide bonds. The van der Waals surface area contributed by atoms with Crippen molar-refractivity contribution < 1.29 is 19.8 Å². The van der Waals surface area contributed by atoms with E-state index in [1.165, 1.54) is 103 Å². The molecule has 0 aromatic rings. The van der Waals surface area contributed by atoms with Crippen LogP contribution in [0.4, 0.5) is 0 Å². The summed E-state index contributed by atoms with van der Waals surface area (Å²) in [7, 11) is 0. The van der Waals surface area contributed by atoms with E-state index in [1.54, 1.807) is 0 Å². The normalized spacial score (nSPS) is 12.2. The van der Waals surface area contributed by atoms with Gasteiger partial charge in [0.05, 0.1) is 0 Å². The lowest BCUT2D eigenvalue weighted by atomic mass is 9.92. The molecular formula is C26H50O4. The van der Waals surface area contributed by atoms with Crippen molar-refractivity contribution in [1.29, 1.82) is 0 Å². The van der Waals surface area contributed by atoms with Gasteiger partial charge in [-0.15, -0.1) is 0 Å². The van der Waals surface area contributed by atoms with Gasteiger partial charge in [-0.3, -0.25) is 9.59 Å². The van der Waals surface area contributed by atoms with Crippen LogP contribution < -0.4 is 0 Å². The summed E-state index contributed by atoms with van der Waals surface area (Å²) in [6.07, 6.45) is 25.7. The first-order valence-corrected chi connectivity index (χ1v) is 13.0. The topological polar surface area (TPSA) is 74.6 Å². The molecule has 0 radical (unpaired) electrons. The quantitative estimate of drug-likeness (QED) is 0.152. The highest BCUT2D eigenvalue weighted by atomic mass is 16.4. The summed E-state index contributed by atoms with van der Waals surface area (Å²) in [6, 6.07) is 0. The number of carboxylic acids is 2. The van der Waals surface area contributed by atoms with Gasteiger partial charge in [0.25, 0.3) is 0 Å². The van der Waals surface area contributed by atoms with Crippen molar-refractivity contribution in [2.75, 3.05) is 0 Å². The van der Waals surface area contributed by atoms with Crippen molar-refractivity contribution in [3.05, 3.63) is 0 Å². The van der Waals surface area contributed by atoms with Gasteiger partial charge in [0.1, 0.15) is 0 Å². The number of unbranched alkanes of at least 4 members (excludes halogenated alkanes) is 17. The predicted molar refractivity (Wildman–Crippen MR) is 126 cm³/mol. The first-order chi connectivity index (χ1) is 14.6. The fraction of sp³-hybridized carbons (Fsp3) is 0.923. The standard InChI is InChI=1S/C26H50O4/c1-2-3-4-5-6-7-8-9-10-11-12-13-14-15-16-17-18-19-20-24(23-26(29)30)21-22-25(27)28/h24H,2-23H2,1H3,(H,27,28)(H,29,30). The Kier molecular flexibility index (Phi) is 21.8. The SMILES string of the molecule is CCCCCCCCCCCCCCCCCCCCC(CCC(=O)O)CC(=O)O. The molecule has 0 aromatic heterocycles. The third kappa shape index (κ3) is 23.2. The maximum atomic E-state index is 10.9. The van der Waals surface area contributed by atoms with Crippen LogP contribution in [0.15, 0.2) is 0 Å². The highest BCUT2D eigenvalue weighted by Gasteiger charge is 2.14. The molecule has 1 unspecified atom stereocenters. The maximum absolute atomic E-state index is 10.9. The number of hydrogen-bond acceptors (Lipinski definition) is 2. The summed E-state index contributed by atoms with van der Waals surface area (Å²) in [6.45, 7) is 2.27. The van der Waals surface area contributed by atoms with Gasteiger partial charge in [0.2, 0.25) is 0 Å². The van der Waals surface area contributed by atoms with Gasteiger partial charge in [0, 0.05) is 12.8 Å².